The predicted octanol–water partition coefficient (Wildman–Crippen LogP) is 0.793. The van der Waals surface area contributed by atoms with Crippen molar-refractivity contribution in [2.45, 2.75) is 36.0 Å². The summed E-state index contributed by atoms with van der Waals surface area (Å²) in [5, 5.41) is 21.0. The van der Waals surface area contributed by atoms with Gasteiger partial charge in [0.25, 0.3) is 0 Å². The molecule has 98 valence electrons. The van der Waals surface area contributed by atoms with Crippen LogP contribution in [0.4, 0.5) is 0 Å². The van der Waals surface area contributed by atoms with Crippen molar-refractivity contribution in [1.29, 1.82) is 0 Å². The first-order chi connectivity index (χ1) is 9.22. The van der Waals surface area contributed by atoms with Crippen LogP contribution in [0.3, 0.4) is 0 Å². The van der Waals surface area contributed by atoms with Crippen LogP contribution in [-0.4, -0.2) is 36.3 Å². The molecule has 0 aromatic carbocycles. The Morgan fingerprint density at radius 1 is 1.42 bits per heavy atom. The van der Waals surface area contributed by atoms with Gasteiger partial charge in [-0.25, -0.2) is 9.67 Å². The fraction of sp³-hybridized carbons (Fsp3) is 0.364. The predicted molar refractivity (Wildman–Crippen MR) is 65.8 cm³/mol. The van der Waals surface area contributed by atoms with Crippen LogP contribution in [0, 0.1) is 0 Å². The maximum Gasteiger partial charge on any atom is 0.325 e. The monoisotopic (exact) mass is 277 g/mol. The highest BCUT2D eigenvalue weighted by molar-refractivity contribution is 7.99. The lowest BCUT2D eigenvalue weighted by Gasteiger charge is -2.03. The largest absolute Gasteiger partial charge is 0.480 e. The molecule has 1 aliphatic carbocycles. The van der Waals surface area contributed by atoms with E-state index in [9.17, 15) is 4.79 Å². The topological polar surface area (TPSA) is 93.8 Å². The Morgan fingerprint density at radius 3 is 3.16 bits per heavy atom. The second kappa shape index (κ2) is 4.96. The molecule has 1 N–H and O–H groups in total. The summed E-state index contributed by atoms with van der Waals surface area (Å²) < 4.78 is 1.25. The highest BCUT2D eigenvalue weighted by Gasteiger charge is 2.15. The zero-order valence-corrected chi connectivity index (χ0v) is 10.8. The van der Waals surface area contributed by atoms with E-state index in [4.69, 9.17) is 5.11 Å². The van der Waals surface area contributed by atoms with Crippen molar-refractivity contribution in [3.8, 4) is 0 Å². The first-order valence-corrected chi connectivity index (χ1v) is 6.68. The van der Waals surface area contributed by atoms with Crippen molar-refractivity contribution in [2.75, 3.05) is 0 Å². The molecule has 0 radical (unpaired) electrons. The Hall–Kier alpha value is -1.96. The van der Waals surface area contributed by atoms with Crippen LogP contribution in [-0.2, 0) is 24.2 Å². The van der Waals surface area contributed by atoms with E-state index < -0.39 is 5.97 Å². The Bertz CT molecular complexity index is 627. The molecular formula is C11H11N5O2S. The fourth-order valence-electron chi connectivity index (χ4n) is 2.05. The average Bonchev–Trinajstić information content (AvgIpc) is 2.98. The van der Waals surface area contributed by atoms with Crippen molar-refractivity contribution in [3.63, 3.8) is 0 Å². The molecule has 19 heavy (non-hydrogen) atoms. The Balaban J connectivity index is 1.81. The van der Waals surface area contributed by atoms with Crippen LogP contribution in [0.2, 0.25) is 0 Å². The first kappa shape index (κ1) is 12.1. The average molecular weight is 277 g/mol. The number of pyridine rings is 1. The zero-order chi connectivity index (χ0) is 13.2. The zero-order valence-electron chi connectivity index (χ0n) is 9.98. The second-order valence-corrected chi connectivity index (χ2v) is 5.21. The summed E-state index contributed by atoms with van der Waals surface area (Å²) in [6.07, 6.45) is 3.24. The molecule has 8 heteroatoms. The lowest BCUT2D eigenvalue weighted by Crippen LogP contribution is -2.11. The minimum absolute atomic E-state index is 0.250. The summed E-state index contributed by atoms with van der Waals surface area (Å²) in [7, 11) is 0. The number of nitrogens with zero attached hydrogens (tertiary/aromatic N) is 5. The van der Waals surface area contributed by atoms with Gasteiger partial charge in [0.15, 0.2) is 0 Å². The lowest BCUT2D eigenvalue weighted by atomic mass is 10.2. The van der Waals surface area contributed by atoms with Crippen molar-refractivity contribution < 1.29 is 9.90 Å². The van der Waals surface area contributed by atoms with E-state index in [-0.39, 0.29) is 6.54 Å². The molecule has 2 aromatic heterocycles. The lowest BCUT2D eigenvalue weighted by molar-refractivity contribution is -0.138. The summed E-state index contributed by atoms with van der Waals surface area (Å²) in [6, 6.07) is 4.00. The van der Waals surface area contributed by atoms with Gasteiger partial charge in [0.05, 0.1) is 0 Å². The molecule has 0 bridgehead atoms. The Morgan fingerprint density at radius 2 is 2.32 bits per heavy atom. The molecule has 0 saturated heterocycles. The molecular weight excluding hydrogens is 266 g/mol. The van der Waals surface area contributed by atoms with Gasteiger partial charge in [-0.15, -0.1) is 5.10 Å². The van der Waals surface area contributed by atoms with Crippen LogP contribution >= 0.6 is 11.8 Å². The first-order valence-electron chi connectivity index (χ1n) is 5.87. The van der Waals surface area contributed by atoms with Gasteiger partial charge in [-0.05, 0) is 53.1 Å². The molecule has 0 spiro atoms. The maximum atomic E-state index is 10.7. The summed E-state index contributed by atoms with van der Waals surface area (Å²) in [4.78, 5) is 15.2. The summed E-state index contributed by atoms with van der Waals surface area (Å²) in [5.41, 5.74) is 2.43. The molecule has 2 heterocycles. The van der Waals surface area contributed by atoms with Crippen molar-refractivity contribution >= 4 is 17.7 Å². The summed E-state index contributed by atoms with van der Waals surface area (Å²) >= 11 is 1.28. The van der Waals surface area contributed by atoms with Crippen molar-refractivity contribution in [3.05, 3.63) is 23.4 Å². The molecule has 7 nitrogen and oxygen atoms in total. The van der Waals surface area contributed by atoms with Gasteiger partial charge >= 0.3 is 5.97 Å². The molecule has 1 aliphatic rings. The second-order valence-electron chi connectivity index (χ2n) is 4.22. The molecule has 0 unspecified atom stereocenters. The van der Waals surface area contributed by atoms with Crippen LogP contribution in [0.1, 0.15) is 17.7 Å². The third kappa shape index (κ3) is 2.58. The van der Waals surface area contributed by atoms with Gasteiger partial charge in [-0.1, -0.05) is 6.07 Å². The van der Waals surface area contributed by atoms with Gasteiger partial charge in [0.1, 0.15) is 11.6 Å². The van der Waals surface area contributed by atoms with Gasteiger partial charge in [-0.3, -0.25) is 4.79 Å². The summed E-state index contributed by atoms with van der Waals surface area (Å²) in [5.74, 6) is -0.976. The van der Waals surface area contributed by atoms with E-state index in [1.807, 2.05) is 6.07 Å². The molecule has 2 aromatic rings. The third-order valence-electron chi connectivity index (χ3n) is 2.88. The number of carbonyl (C=O) groups is 1. The number of rotatable bonds is 4. The normalized spacial score (nSPS) is 13.5. The molecule has 3 rings (SSSR count). The highest BCUT2D eigenvalue weighted by Crippen LogP contribution is 2.27. The minimum Gasteiger partial charge on any atom is -0.480 e. The number of aryl methyl sites for hydroxylation is 2. The number of hydrogen-bond acceptors (Lipinski definition) is 6. The highest BCUT2D eigenvalue weighted by atomic mass is 32.2. The van der Waals surface area contributed by atoms with Gasteiger partial charge in [-0.2, -0.15) is 0 Å². The molecule has 0 fully saturated rings. The molecule has 0 atom stereocenters. The number of carboxylic acids is 1. The fourth-order valence-corrected chi connectivity index (χ4v) is 2.81. The van der Waals surface area contributed by atoms with Crippen LogP contribution in [0.15, 0.2) is 22.3 Å². The van der Waals surface area contributed by atoms with Crippen LogP contribution in [0.25, 0.3) is 0 Å². The van der Waals surface area contributed by atoms with Crippen molar-refractivity contribution in [1.82, 2.24) is 25.2 Å². The molecule has 0 amide bonds. The quantitative estimate of drug-likeness (QED) is 0.883. The summed E-state index contributed by atoms with van der Waals surface area (Å²) in [6.45, 7) is -0.250. The Labute approximate surface area is 113 Å². The van der Waals surface area contributed by atoms with Crippen LogP contribution in [0.5, 0.6) is 0 Å². The van der Waals surface area contributed by atoms with Crippen molar-refractivity contribution in [2.24, 2.45) is 0 Å². The number of tetrazole rings is 1. The van der Waals surface area contributed by atoms with E-state index in [2.05, 4.69) is 26.6 Å². The van der Waals surface area contributed by atoms with Crippen LogP contribution < -0.4 is 0 Å². The maximum absolute atomic E-state index is 10.7. The Kier molecular flexibility index (Phi) is 3.16. The third-order valence-corrected chi connectivity index (χ3v) is 3.79. The van der Waals surface area contributed by atoms with E-state index in [0.29, 0.717) is 5.16 Å². The molecule has 0 saturated carbocycles. The van der Waals surface area contributed by atoms with Gasteiger partial charge < -0.3 is 5.11 Å². The minimum atomic E-state index is -0.976. The molecule has 0 aliphatic heterocycles. The van der Waals surface area contributed by atoms with Gasteiger partial charge in [0, 0.05) is 5.69 Å². The number of fused-ring (bicyclic) bond motifs is 1. The van der Waals surface area contributed by atoms with E-state index in [1.165, 1.54) is 22.0 Å². The number of aromatic nitrogens is 5. The smallest absolute Gasteiger partial charge is 0.325 e. The standard InChI is InChI=1S/C11H11N5O2S/c17-10(18)6-16-11(13-14-15-16)19-9-5-4-7-2-1-3-8(7)12-9/h4-5H,1-3,6H2,(H,17,18). The number of aliphatic carboxylic acids is 1. The SMILES string of the molecule is O=C(O)Cn1nnnc1Sc1ccc2c(n1)CCC2. The van der Waals surface area contributed by atoms with E-state index in [0.717, 1.165) is 30.0 Å². The van der Waals surface area contributed by atoms with E-state index in [1.54, 1.807) is 0 Å². The number of carboxylic acid groups (broad SMARTS) is 1. The van der Waals surface area contributed by atoms with Gasteiger partial charge in [0.2, 0.25) is 5.16 Å². The van der Waals surface area contributed by atoms with E-state index >= 15 is 0 Å². The number of hydrogen-bond donors (Lipinski definition) is 1.